The summed E-state index contributed by atoms with van der Waals surface area (Å²) in [5.74, 6) is 0. The maximum Gasteiger partial charge on any atom is 0.324 e. The van der Waals surface area contributed by atoms with Gasteiger partial charge in [0.2, 0.25) is 0 Å². The number of hydrogen-bond acceptors (Lipinski definition) is 1. The van der Waals surface area contributed by atoms with Crippen molar-refractivity contribution >= 4 is 28.6 Å². The van der Waals surface area contributed by atoms with Gasteiger partial charge in [0.25, 0.3) is 0 Å². The van der Waals surface area contributed by atoms with E-state index in [2.05, 4.69) is 34.9 Å². The summed E-state index contributed by atoms with van der Waals surface area (Å²) in [6.45, 7) is 4.04. The molecule has 0 bridgehead atoms. The molecule has 4 heteroatoms. The van der Waals surface area contributed by atoms with Crippen LogP contribution in [0.4, 0.5) is 4.79 Å². The Hall–Kier alpha value is -1.26. The molecule has 0 aromatic heterocycles. The number of carbonyl (C=O) groups is 1. The number of urea groups is 1. The van der Waals surface area contributed by atoms with Crippen LogP contribution in [-0.2, 0) is 6.54 Å². The van der Waals surface area contributed by atoms with Crippen molar-refractivity contribution in [3.63, 3.8) is 0 Å². The largest absolute Gasteiger partial charge is 0.330 e. The summed E-state index contributed by atoms with van der Waals surface area (Å²) in [6, 6.07) is 7.89. The van der Waals surface area contributed by atoms with Gasteiger partial charge in [0.15, 0.2) is 0 Å². The Bertz CT molecular complexity index is 450. The monoisotopic (exact) mass is 342 g/mol. The molecule has 2 amide bonds. The van der Waals surface area contributed by atoms with Gasteiger partial charge in [0.05, 0.1) is 12.7 Å². The van der Waals surface area contributed by atoms with Gasteiger partial charge in [-0.3, -0.25) is 4.90 Å². The Morgan fingerprint density at radius 3 is 2.65 bits per heavy atom. The molecule has 3 nitrogen and oxygen atoms in total. The lowest BCUT2D eigenvalue weighted by molar-refractivity contribution is 0.187. The lowest BCUT2D eigenvalue weighted by Crippen LogP contribution is -2.35. The fourth-order valence-corrected chi connectivity index (χ4v) is 1.90. The molecule has 1 aromatic carbocycles. The van der Waals surface area contributed by atoms with E-state index in [0.717, 1.165) is 9.13 Å². The van der Waals surface area contributed by atoms with Crippen LogP contribution in [0.1, 0.15) is 5.56 Å². The van der Waals surface area contributed by atoms with Crippen molar-refractivity contribution in [3.05, 3.63) is 51.9 Å². The molecule has 0 unspecified atom stereocenters. The van der Waals surface area contributed by atoms with Gasteiger partial charge in [0.1, 0.15) is 0 Å². The van der Waals surface area contributed by atoms with Gasteiger partial charge in [-0.15, -0.1) is 5.73 Å². The Morgan fingerprint density at radius 2 is 2.12 bits per heavy atom. The van der Waals surface area contributed by atoms with E-state index in [0.29, 0.717) is 6.54 Å². The van der Waals surface area contributed by atoms with E-state index in [4.69, 9.17) is 0 Å². The van der Waals surface area contributed by atoms with Gasteiger partial charge in [-0.2, -0.15) is 0 Å². The molecule has 0 aliphatic carbocycles. The van der Waals surface area contributed by atoms with E-state index < -0.39 is 0 Å². The van der Waals surface area contributed by atoms with Crippen molar-refractivity contribution in [3.8, 4) is 0 Å². The first-order chi connectivity index (χ1) is 8.06. The highest BCUT2D eigenvalue weighted by Crippen LogP contribution is 2.14. The number of halogens is 1. The molecule has 17 heavy (non-hydrogen) atoms. The Balaban J connectivity index is 2.92. The molecule has 0 saturated heterocycles. The van der Waals surface area contributed by atoms with Crippen LogP contribution in [0.15, 0.2) is 42.8 Å². The van der Waals surface area contributed by atoms with Crippen LogP contribution in [0.2, 0.25) is 0 Å². The Morgan fingerprint density at radius 1 is 1.47 bits per heavy atom. The number of nitrogens with zero attached hydrogens (tertiary/aromatic N) is 2. The molecule has 0 atom stereocenters. The van der Waals surface area contributed by atoms with Gasteiger partial charge in [-0.1, -0.05) is 24.8 Å². The third kappa shape index (κ3) is 3.91. The molecule has 0 saturated carbocycles. The molecule has 1 rings (SSSR count). The zero-order valence-electron chi connectivity index (χ0n) is 9.98. The third-order valence-corrected chi connectivity index (χ3v) is 3.23. The lowest BCUT2D eigenvalue weighted by Gasteiger charge is -2.22. The van der Waals surface area contributed by atoms with E-state index in [1.807, 2.05) is 24.3 Å². The molecule has 0 spiro atoms. The quantitative estimate of drug-likeness (QED) is 0.612. The van der Waals surface area contributed by atoms with Crippen molar-refractivity contribution in [2.75, 3.05) is 14.1 Å². The SMILES string of the molecule is C=C=CN(Cc1ccccc1I)C(=O)N(C)C. The summed E-state index contributed by atoms with van der Waals surface area (Å²) < 4.78 is 1.14. The number of hydrogen-bond donors (Lipinski definition) is 0. The van der Waals surface area contributed by atoms with E-state index in [1.54, 1.807) is 25.2 Å². The van der Waals surface area contributed by atoms with Crippen LogP contribution in [0.5, 0.6) is 0 Å². The van der Waals surface area contributed by atoms with Gasteiger partial charge in [-0.25, -0.2) is 4.79 Å². The normalized spacial score (nSPS) is 9.35. The summed E-state index contributed by atoms with van der Waals surface area (Å²) >= 11 is 2.26. The fraction of sp³-hybridized carbons (Fsp3) is 0.231. The standard InChI is InChI=1S/C13H15IN2O/c1-4-9-16(13(17)15(2)3)10-11-7-5-6-8-12(11)14/h5-9H,1,10H2,2-3H3. The second-order valence-corrected chi connectivity index (χ2v) is 4.89. The minimum atomic E-state index is -0.0826. The Kier molecular flexibility index (Phi) is 5.25. The molecule has 0 heterocycles. The topological polar surface area (TPSA) is 23.6 Å². The average Bonchev–Trinajstić information content (AvgIpc) is 2.30. The van der Waals surface area contributed by atoms with Crippen LogP contribution >= 0.6 is 22.6 Å². The molecule has 0 radical (unpaired) electrons. The fourth-order valence-electron chi connectivity index (χ4n) is 1.35. The van der Waals surface area contributed by atoms with Crippen LogP contribution in [0.25, 0.3) is 0 Å². The smallest absolute Gasteiger partial charge is 0.324 e. The van der Waals surface area contributed by atoms with Crippen molar-refractivity contribution in [2.24, 2.45) is 0 Å². The molecule has 0 aliphatic heterocycles. The van der Waals surface area contributed by atoms with Crippen molar-refractivity contribution < 1.29 is 4.79 Å². The summed E-state index contributed by atoms with van der Waals surface area (Å²) in [6.07, 6.45) is 1.57. The maximum absolute atomic E-state index is 11.9. The van der Waals surface area contributed by atoms with Gasteiger partial charge < -0.3 is 4.90 Å². The predicted octanol–water partition coefficient (Wildman–Crippen LogP) is 3.07. The summed E-state index contributed by atoms with van der Waals surface area (Å²) in [7, 11) is 3.45. The predicted molar refractivity (Wildman–Crippen MR) is 77.5 cm³/mol. The van der Waals surface area contributed by atoms with Crippen LogP contribution in [0, 0.1) is 3.57 Å². The van der Waals surface area contributed by atoms with Gasteiger partial charge in [0, 0.05) is 17.7 Å². The number of carbonyl (C=O) groups excluding carboxylic acids is 1. The number of rotatable bonds is 3. The van der Waals surface area contributed by atoms with E-state index in [-0.39, 0.29) is 6.03 Å². The maximum atomic E-state index is 11.9. The first-order valence-electron chi connectivity index (χ1n) is 5.13. The highest BCUT2D eigenvalue weighted by Gasteiger charge is 2.14. The van der Waals surface area contributed by atoms with Crippen molar-refractivity contribution in [1.82, 2.24) is 9.80 Å². The molecule has 0 fully saturated rings. The highest BCUT2D eigenvalue weighted by molar-refractivity contribution is 14.1. The first-order valence-corrected chi connectivity index (χ1v) is 6.21. The van der Waals surface area contributed by atoms with E-state index >= 15 is 0 Å². The average molecular weight is 342 g/mol. The molecular formula is C13H15IN2O. The van der Waals surface area contributed by atoms with Crippen molar-refractivity contribution in [1.29, 1.82) is 0 Å². The van der Waals surface area contributed by atoms with E-state index in [9.17, 15) is 4.79 Å². The second kappa shape index (κ2) is 6.47. The van der Waals surface area contributed by atoms with Gasteiger partial charge in [-0.05, 0) is 34.2 Å². The zero-order chi connectivity index (χ0) is 12.8. The first kappa shape index (κ1) is 13.8. The summed E-state index contributed by atoms with van der Waals surface area (Å²) in [5.41, 5.74) is 3.75. The lowest BCUT2D eigenvalue weighted by atomic mass is 10.2. The van der Waals surface area contributed by atoms with Crippen LogP contribution in [-0.4, -0.2) is 29.9 Å². The number of amides is 2. The summed E-state index contributed by atoms with van der Waals surface area (Å²) in [4.78, 5) is 15.0. The Labute approximate surface area is 116 Å². The molecule has 0 N–H and O–H groups in total. The molecule has 90 valence electrons. The van der Waals surface area contributed by atoms with Crippen LogP contribution < -0.4 is 0 Å². The van der Waals surface area contributed by atoms with Crippen LogP contribution in [0.3, 0.4) is 0 Å². The van der Waals surface area contributed by atoms with Gasteiger partial charge >= 0.3 is 6.03 Å². The zero-order valence-corrected chi connectivity index (χ0v) is 12.1. The molecule has 1 aromatic rings. The second-order valence-electron chi connectivity index (χ2n) is 3.73. The third-order valence-electron chi connectivity index (χ3n) is 2.17. The number of benzene rings is 1. The van der Waals surface area contributed by atoms with Crippen molar-refractivity contribution in [2.45, 2.75) is 6.54 Å². The molecule has 0 aliphatic rings. The minimum absolute atomic E-state index is 0.0826. The summed E-state index contributed by atoms with van der Waals surface area (Å²) in [5, 5.41) is 0. The van der Waals surface area contributed by atoms with E-state index in [1.165, 1.54) is 4.90 Å². The minimum Gasteiger partial charge on any atom is -0.330 e. The molecular weight excluding hydrogens is 327 g/mol. The highest BCUT2D eigenvalue weighted by atomic mass is 127.